The van der Waals surface area contributed by atoms with Crippen LogP contribution in [0.15, 0.2) is 12.2 Å². The topological polar surface area (TPSA) is 231 Å². The number of aliphatic hydroxyl groups is 7. The van der Waals surface area contributed by atoms with Crippen LogP contribution >= 0.6 is 0 Å². The van der Waals surface area contributed by atoms with Crippen molar-refractivity contribution in [3.63, 3.8) is 0 Å². The van der Waals surface area contributed by atoms with Crippen molar-refractivity contribution in [2.75, 3.05) is 26.4 Å². The number of carbonyl (C=O) groups is 2. The van der Waals surface area contributed by atoms with Gasteiger partial charge in [0.1, 0.15) is 55.4 Å². The van der Waals surface area contributed by atoms with Gasteiger partial charge in [0.2, 0.25) is 0 Å². The van der Waals surface area contributed by atoms with Gasteiger partial charge in [0.25, 0.3) is 0 Å². The molecule has 11 atom stereocenters. The Balaban J connectivity index is 1.75. The van der Waals surface area contributed by atoms with E-state index in [1.807, 2.05) is 0 Å². The molecule has 0 spiro atoms. The molecule has 0 saturated carbocycles. The predicted octanol–water partition coefficient (Wildman–Crippen LogP) is 9.72. The molecule has 0 amide bonds. The van der Waals surface area contributed by atoms with Crippen LogP contribution in [0.25, 0.3) is 0 Å². The van der Waals surface area contributed by atoms with Crippen molar-refractivity contribution in [3.8, 4) is 0 Å². The first-order chi connectivity index (χ1) is 35.0. The van der Waals surface area contributed by atoms with E-state index in [-0.39, 0.29) is 26.1 Å². The molecule has 0 aromatic carbocycles. The van der Waals surface area contributed by atoms with Crippen LogP contribution in [0.4, 0.5) is 0 Å². The molecule has 2 aliphatic rings. The summed E-state index contributed by atoms with van der Waals surface area (Å²) < 4.78 is 33.7. The zero-order valence-electron chi connectivity index (χ0n) is 45.2. The molecule has 424 valence electrons. The molecule has 2 rings (SSSR count). The molecule has 0 radical (unpaired) electrons. The molecular formula is C57H106O15. The second kappa shape index (κ2) is 44.4. The lowest BCUT2D eigenvalue weighted by atomic mass is 9.98. The molecule has 72 heavy (non-hydrogen) atoms. The lowest BCUT2D eigenvalue weighted by Gasteiger charge is -2.42. The Kier molecular flexibility index (Phi) is 40.9. The van der Waals surface area contributed by atoms with Gasteiger partial charge in [-0.05, 0) is 38.5 Å². The third kappa shape index (κ3) is 31.3. The van der Waals surface area contributed by atoms with Gasteiger partial charge in [-0.3, -0.25) is 9.59 Å². The molecule has 0 aromatic heterocycles. The molecule has 15 nitrogen and oxygen atoms in total. The number of rotatable bonds is 47. The van der Waals surface area contributed by atoms with Gasteiger partial charge in [-0.1, -0.05) is 206 Å². The summed E-state index contributed by atoms with van der Waals surface area (Å²) in [6, 6.07) is 0. The summed E-state index contributed by atoms with van der Waals surface area (Å²) in [5.74, 6) is -0.914. The van der Waals surface area contributed by atoms with E-state index in [1.54, 1.807) is 0 Å². The highest BCUT2D eigenvalue weighted by atomic mass is 16.7. The van der Waals surface area contributed by atoms with Crippen LogP contribution in [0.2, 0.25) is 0 Å². The molecule has 2 heterocycles. The lowest BCUT2D eigenvalue weighted by molar-refractivity contribution is -0.332. The second-order valence-electron chi connectivity index (χ2n) is 20.8. The molecule has 2 aliphatic heterocycles. The molecule has 2 fully saturated rings. The summed E-state index contributed by atoms with van der Waals surface area (Å²) >= 11 is 0. The van der Waals surface area contributed by atoms with Crippen LogP contribution in [-0.4, -0.2) is 142 Å². The van der Waals surface area contributed by atoms with Crippen molar-refractivity contribution >= 4 is 11.9 Å². The zero-order chi connectivity index (χ0) is 52.4. The molecule has 0 aromatic rings. The van der Waals surface area contributed by atoms with E-state index in [4.69, 9.17) is 28.4 Å². The summed E-state index contributed by atoms with van der Waals surface area (Å²) in [4.78, 5) is 25.9. The Labute approximate surface area is 435 Å². The van der Waals surface area contributed by atoms with Gasteiger partial charge in [-0.25, -0.2) is 0 Å². The van der Waals surface area contributed by atoms with Gasteiger partial charge in [0, 0.05) is 12.8 Å². The first-order valence-corrected chi connectivity index (χ1v) is 29.3. The maximum atomic E-state index is 13.1. The number of unbranched alkanes of at least 4 members (excludes halogenated alkanes) is 31. The highest BCUT2D eigenvalue weighted by Gasteiger charge is 2.47. The van der Waals surface area contributed by atoms with Gasteiger partial charge >= 0.3 is 11.9 Å². The highest BCUT2D eigenvalue weighted by Crippen LogP contribution is 2.27. The van der Waals surface area contributed by atoms with Gasteiger partial charge < -0.3 is 64.2 Å². The second-order valence-corrected chi connectivity index (χ2v) is 20.8. The summed E-state index contributed by atoms with van der Waals surface area (Å²) in [5.41, 5.74) is 0. The zero-order valence-corrected chi connectivity index (χ0v) is 45.2. The lowest BCUT2D eigenvalue weighted by Crippen LogP contribution is -2.61. The normalized spacial score (nSPS) is 25.0. The van der Waals surface area contributed by atoms with E-state index in [0.29, 0.717) is 12.8 Å². The minimum atomic E-state index is -1.76. The van der Waals surface area contributed by atoms with Crippen molar-refractivity contribution in [1.82, 2.24) is 0 Å². The smallest absolute Gasteiger partial charge is 0.306 e. The Hall–Kier alpha value is -1.76. The van der Waals surface area contributed by atoms with Crippen molar-refractivity contribution in [2.24, 2.45) is 0 Å². The third-order valence-electron chi connectivity index (χ3n) is 14.2. The fourth-order valence-corrected chi connectivity index (χ4v) is 9.45. The molecule has 0 bridgehead atoms. The average molecular weight is 1030 g/mol. The van der Waals surface area contributed by atoms with Crippen molar-refractivity contribution in [2.45, 2.75) is 313 Å². The number of ether oxygens (including phenoxy) is 6. The summed E-state index contributed by atoms with van der Waals surface area (Å²) in [5, 5.41) is 72.3. The van der Waals surface area contributed by atoms with E-state index in [0.717, 1.165) is 51.4 Å². The Morgan fingerprint density at radius 3 is 1.22 bits per heavy atom. The quantitative estimate of drug-likeness (QED) is 0.0171. The monoisotopic (exact) mass is 1030 g/mol. The molecule has 11 unspecified atom stereocenters. The average Bonchev–Trinajstić information content (AvgIpc) is 3.37. The highest BCUT2D eigenvalue weighted by molar-refractivity contribution is 5.70. The maximum Gasteiger partial charge on any atom is 0.306 e. The first-order valence-electron chi connectivity index (χ1n) is 29.3. The van der Waals surface area contributed by atoms with Crippen LogP contribution < -0.4 is 0 Å². The SMILES string of the molecule is CCCCCCCCC/C=C\CCCCCCCCCC(=O)OC(COC(=O)CCCCCCCCCCCCCCCCCCCC)COC1OC(COC2OC(CO)C(O)C(O)C2O)C(O)C(O)C1O. The van der Waals surface area contributed by atoms with Crippen LogP contribution in [0.3, 0.4) is 0 Å². The van der Waals surface area contributed by atoms with E-state index in [1.165, 1.54) is 154 Å². The summed E-state index contributed by atoms with van der Waals surface area (Å²) in [6.45, 7) is 2.64. The Bertz CT molecular complexity index is 1300. The molecular weight excluding hydrogens is 925 g/mol. The van der Waals surface area contributed by atoms with Crippen LogP contribution in [0.1, 0.15) is 245 Å². The van der Waals surface area contributed by atoms with Gasteiger partial charge in [0.15, 0.2) is 18.7 Å². The van der Waals surface area contributed by atoms with Gasteiger partial charge in [-0.15, -0.1) is 0 Å². The number of aliphatic hydroxyl groups excluding tert-OH is 7. The van der Waals surface area contributed by atoms with Crippen molar-refractivity contribution in [1.29, 1.82) is 0 Å². The van der Waals surface area contributed by atoms with E-state index >= 15 is 0 Å². The number of hydrogen-bond acceptors (Lipinski definition) is 15. The molecule has 0 aliphatic carbocycles. The summed E-state index contributed by atoms with van der Waals surface area (Å²) in [6.07, 6.45) is 29.4. The van der Waals surface area contributed by atoms with Crippen molar-refractivity contribution in [3.05, 3.63) is 12.2 Å². The number of allylic oxidation sites excluding steroid dienone is 2. The van der Waals surface area contributed by atoms with Gasteiger partial charge in [-0.2, -0.15) is 0 Å². The molecule has 7 N–H and O–H groups in total. The fourth-order valence-electron chi connectivity index (χ4n) is 9.45. The fraction of sp³-hybridized carbons (Fsp3) is 0.930. The summed E-state index contributed by atoms with van der Waals surface area (Å²) in [7, 11) is 0. The Morgan fingerprint density at radius 1 is 0.431 bits per heavy atom. The van der Waals surface area contributed by atoms with Crippen molar-refractivity contribution < 1.29 is 73.8 Å². The van der Waals surface area contributed by atoms with Crippen LogP contribution in [0, 0.1) is 0 Å². The van der Waals surface area contributed by atoms with Crippen LogP contribution in [-0.2, 0) is 38.0 Å². The number of carbonyl (C=O) groups excluding carboxylic acids is 2. The Morgan fingerprint density at radius 2 is 0.792 bits per heavy atom. The van der Waals surface area contributed by atoms with Crippen LogP contribution in [0.5, 0.6) is 0 Å². The van der Waals surface area contributed by atoms with E-state index in [2.05, 4.69) is 26.0 Å². The van der Waals surface area contributed by atoms with E-state index in [9.17, 15) is 45.3 Å². The van der Waals surface area contributed by atoms with Gasteiger partial charge in [0.05, 0.1) is 19.8 Å². The third-order valence-corrected chi connectivity index (χ3v) is 14.2. The largest absolute Gasteiger partial charge is 0.462 e. The number of esters is 2. The molecule has 15 heteroatoms. The predicted molar refractivity (Wildman–Crippen MR) is 280 cm³/mol. The minimum absolute atomic E-state index is 0.165. The standard InChI is InChI=1S/C57H106O15/c1-3-5-7-9-11-13-15-17-19-21-23-25-27-29-31-33-35-37-39-48(59)67-42-45(70-49(60)40-38-36-34-32-30-28-26-24-22-20-18-16-14-12-10-8-6-4-2)43-68-56-55(66)53(64)51(62)47(72-56)44-69-57-54(65)52(63)50(61)46(41-58)71-57/h20,22,45-47,50-58,61-66H,3-19,21,23-44H2,1-2H3/b22-20-. The first kappa shape index (κ1) is 66.4. The molecule has 2 saturated heterocycles. The minimum Gasteiger partial charge on any atom is -0.462 e. The maximum absolute atomic E-state index is 13.1. The van der Waals surface area contributed by atoms with E-state index < -0.39 is 92.7 Å². The number of hydrogen-bond donors (Lipinski definition) is 7.